The standard InChI is InChI=1S/C16H27NO3/c18-15(13-10-6-7-11-14(13)16(19)20)17-12-8-4-2-1-3-5-9-12/h12-14H,1-11H2,(H,17,18)(H,19,20)/p-1/t13-,14-/m0/s1. The predicted molar refractivity (Wildman–Crippen MR) is 74.7 cm³/mol. The largest absolute Gasteiger partial charge is 0.550 e. The number of amides is 1. The first-order valence-electron chi connectivity index (χ1n) is 8.19. The van der Waals surface area contributed by atoms with Crippen LogP contribution in [-0.2, 0) is 9.59 Å². The monoisotopic (exact) mass is 280 g/mol. The van der Waals surface area contributed by atoms with E-state index in [4.69, 9.17) is 0 Å². The van der Waals surface area contributed by atoms with E-state index in [0.717, 1.165) is 25.7 Å². The molecule has 2 aliphatic rings. The summed E-state index contributed by atoms with van der Waals surface area (Å²) in [6, 6.07) is 0.243. The van der Waals surface area contributed by atoms with Crippen LogP contribution >= 0.6 is 0 Å². The van der Waals surface area contributed by atoms with Crippen molar-refractivity contribution in [2.75, 3.05) is 0 Å². The molecule has 2 atom stereocenters. The Morgan fingerprint density at radius 3 is 1.85 bits per heavy atom. The van der Waals surface area contributed by atoms with Gasteiger partial charge in [-0.15, -0.1) is 0 Å². The van der Waals surface area contributed by atoms with Crippen LogP contribution < -0.4 is 10.4 Å². The van der Waals surface area contributed by atoms with Gasteiger partial charge < -0.3 is 15.2 Å². The highest BCUT2D eigenvalue weighted by molar-refractivity contribution is 5.84. The number of hydrogen-bond donors (Lipinski definition) is 1. The van der Waals surface area contributed by atoms with E-state index in [2.05, 4.69) is 5.32 Å². The highest BCUT2D eigenvalue weighted by atomic mass is 16.4. The maximum absolute atomic E-state index is 12.4. The Balaban J connectivity index is 1.89. The molecule has 0 unspecified atom stereocenters. The van der Waals surface area contributed by atoms with Crippen molar-refractivity contribution in [1.82, 2.24) is 5.32 Å². The van der Waals surface area contributed by atoms with Gasteiger partial charge in [-0.1, -0.05) is 44.9 Å². The average Bonchev–Trinajstić information content (AvgIpc) is 2.41. The van der Waals surface area contributed by atoms with E-state index in [0.29, 0.717) is 12.8 Å². The lowest BCUT2D eigenvalue weighted by Crippen LogP contribution is -2.47. The molecule has 0 aromatic heterocycles. The van der Waals surface area contributed by atoms with E-state index in [1.54, 1.807) is 0 Å². The summed E-state index contributed by atoms with van der Waals surface area (Å²) in [4.78, 5) is 23.5. The molecular formula is C16H26NO3-. The molecule has 1 N–H and O–H groups in total. The van der Waals surface area contributed by atoms with Crippen LogP contribution in [-0.4, -0.2) is 17.9 Å². The van der Waals surface area contributed by atoms with Crippen LogP contribution in [0.1, 0.15) is 70.6 Å². The fourth-order valence-electron chi connectivity index (χ4n) is 3.64. The fourth-order valence-corrected chi connectivity index (χ4v) is 3.64. The number of hydrogen-bond acceptors (Lipinski definition) is 3. The molecular weight excluding hydrogens is 254 g/mol. The van der Waals surface area contributed by atoms with Crippen molar-refractivity contribution in [1.29, 1.82) is 0 Å². The molecule has 0 bridgehead atoms. The second kappa shape index (κ2) is 7.65. The second-order valence-corrected chi connectivity index (χ2v) is 6.37. The van der Waals surface area contributed by atoms with Gasteiger partial charge in [0.2, 0.25) is 5.91 Å². The molecule has 1 amide bonds. The number of carbonyl (C=O) groups is 2. The van der Waals surface area contributed by atoms with Gasteiger partial charge in [-0.3, -0.25) is 4.79 Å². The minimum atomic E-state index is -1.05. The van der Waals surface area contributed by atoms with E-state index in [1.165, 1.54) is 32.1 Å². The van der Waals surface area contributed by atoms with E-state index in [-0.39, 0.29) is 17.9 Å². The third-order valence-electron chi connectivity index (χ3n) is 4.86. The molecule has 114 valence electrons. The van der Waals surface area contributed by atoms with Crippen LogP contribution in [0.4, 0.5) is 0 Å². The first kappa shape index (κ1) is 15.3. The maximum Gasteiger partial charge on any atom is 0.223 e. The SMILES string of the molecule is O=C([O-])[C@H]1CCCC[C@@H]1C(=O)NC1CCCCCCC1. The summed E-state index contributed by atoms with van der Waals surface area (Å²) in [5.74, 6) is -2.07. The van der Waals surface area contributed by atoms with Gasteiger partial charge in [-0.25, -0.2) is 0 Å². The number of nitrogens with one attached hydrogen (secondary N) is 1. The van der Waals surface area contributed by atoms with Crippen molar-refractivity contribution in [3.05, 3.63) is 0 Å². The zero-order valence-corrected chi connectivity index (χ0v) is 12.2. The van der Waals surface area contributed by atoms with Crippen LogP contribution in [0, 0.1) is 11.8 Å². The molecule has 2 aliphatic carbocycles. The molecule has 2 fully saturated rings. The van der Waals surface area contributed by atoms with Crippen molar-refractivity contribution in [2.45, 2.75) is 76.7 Å². The van der Waals surface area contributed by atoms with Crippen LogP contribution in [0.3, 0.4) is 0 Å². The third-order valence-corrected chi connectivity index (χ3v) is 4.86. The second-order valence-electron chi connectivity index (χ2n) is 6.37. The Kier molecular flexibility index (Phi) is 5.86. The minimum Gasteiger partial charge on any atom is -0.550 e. The van der Waals surface area contributed by atoms with E-state index >= 15 is 0 Å². The molecule has 4 nitrogen and oxygen atoms in total. The maximum atomic E-state index is 12.4. The zero-order valence-electron chi connectivity index (χ0n) is 12.2. The van der Waals surface area contributed by atoms with Crippen molar-refractivity contribution in [2.24, 2.45) is 11.8 Å². The summed E-state index contributed by atoms with van der Waals surface area (Å²) in [5.41, 5.74) is 0. The van der Waals surface area contributed by atoms with Crippen LogP contribution in [0.2, 0.25) is 0 Å². The molecule has 0 spiro atoms. The Labute approximate surface area is 121 Å². The summed E-state index contributed by atoms with van der Waals surface area (Å²) in [6.07, 6.45) is 11.3. The lowest BCUT2D eigenvalue weighted by Gasteiger charge is -2.32. The van der Waals surface area contributed by atoms with Gasteiger partial charge in [0, 0.05) is 23.8 Å². The molecule has 20 heavy (non-hydrogen) atoms. The number of rotatable bonds is 3. The van der Waals surface area contributed by atoms with Gasteiger partial charge in [0.15, 0.2) is 0 Å². The van der Waals surface area contributed by atoms with Crippen molar-refractivity contribution >= 4 is 11.9 Å². The third kappa shape index (κ3) is 4.22. The van der Waals surface area contributed by atoms with Crippen LogP contribution in [0.15, 0.2) is 0 Å². The molecule has 0 aliphatic heterocycles. The Bertz CT molecular complexity index is 335. The topological polar surface area (TPSA) is 69.2 Å². The number of carboxylic acid groups (broad SMARTS) is 1. The number of carbonyl (C=O) groups excluding carboxylic acids is 2. The van der Waals surface area contributed by atoms with Gasteiger partial charge in [0.1, 0.15) is 0 Å². The molecule has 0 heterocycles. The summed E-state index contributed by atoms with van der Waals surface area (Å²) in [7, 11) is 0. The van der Waals surface area contributed by atoms with Gasteiger partial charge in [0.05, 0.1) is 0 Å². The van der Waals surface area contributed by atoms with Gasteiger partial charge in [-0.2, -0.15) is 0 Å². The average molecular weight is 280 g/mol. The molecule has 2 rings (SSSR count). The minimum absolute atomic E-state index is 0.0514. The predicted octanol–water partition coefficient (Wildman–Crippen LogP) is 1.77. The highest BCUT2D eigenvalue weighted by Crippen LogP contribution is 2.30. The Hall–Kier alpha value is -1.06. The Morgan fingerprint density at radius 2 is 1.25 bits per heavy atom. The zero-order chi connectivity index (χ0) is 14.4. The number of carboxylic acids is 1. The van der Waals surface area contributed by atoms with Gasteiger partial charge in [0.25, 0.3) is 0 Å². The van der Waals surface area contributed by atoms with Crippen molar-refractivity contribution in [3.8, 4) is 0 Å². The van der Waals surface area contributed by atoms with E-state index in [9.17, 15) is 14.7 Å². The number of aliphatic carboxylic acids is 1. The van der Waals surface area contributed by atoms with E-state index in [1.807, 2.05) is 0 Å². The summed E-state index contributed by atoms with van der Waals surface area (Å²) in [5, 5.41) is 14.3. The molecule has 0 aromatic carbocycles. The molecule has 0 aromatic rings. The lowest BCUT2D eigenvalue weighted by molar-refractivity contribution is -0.314. The van der Waals surface area contributed by atoms with Crippen LogP contribution in [0.5, 0.6) is 0 Å². The van der Waals surface area contributed by atoms with Crippen molar-refractivity contribution < 1.29 is 14.7 Å². The summed E-state index contributed by atoms with van der Waals surface area (Å²) >= 11 is 0. The summed E-state index contributed by atoms with van der Waals surface area (Å²) in [6.45, 7) is 0. The van der Waals surface area contributed by atoms with Crippen molar-refractivity contribution in [3.63, 3.8) is 0 Å². The lowest BCUT2D eigenvalue weighted by atomic mass is 9.78. The smallest absolute Gasteiger partial charge is 0.223 e. The van der Waals surface area contributed by atoms with Crippen LogP contribution in [0.25, 0.3) is 0 Å². The first-order chi connectivity index (χ1) is 9.68. The van der Waals surface area contributed by atoms with Gasteiger partial charge in [-0.05, 0) is 25.7 Å². The highest BCUT2D eigenvalue weighted by Gasteiger charge is 2.32. The summed E-state index contributed by atoms with van der Waals surface area (Å²) < 4.78 is 0. The normalized spacial score (nSPS) is 29.2. The molecule has 0 radical (unpaired) electrons. The molecule has 0 saturated heterocycles. The fraction of sp³-hybridized carbons (Fsp3) is 0.875. The molecule has 4 heteroatoms. The molecule has 2 saturated carbocycles. The van der Waals surface area contributed by atoms with E-state index < -0.39 is 11.9 Å². The quantitative estimate of drug-likeness (QED) is 0.856. The first-order valence-corrected chi connectivity index (χ1v) is 8.19. The van der Waals surface area contributed by atoms with Gasteiger partial charge >= 0.3 is 0 Å². The Morgan fingerprint density at radius 1 is 0.750 bits per heavy atom.